The van der Waals surface area contributed by atoms with Crippen LogP contribution in [0, 0.1) is 0 Å². The number of hydrogen-bond acceptors (Lipinski definition) is 3. The number of ether oxygens (including phenoxy) is 1. The second kappa shape index (κ2) is 6.00. The Hall–Kier alpha value is -2.02. The van der Waals surface area contributed by atoms with Crippen LogP contribution in [0.15, 0.2) is 36.7 Å². The summed E-state index contributed by atoms with van der Waals surface area (Å²) in [7, 11) is 0. The third-order valence-corrected chi connectivity index (χ3v) is 3.60. The summed E-state index contributed by atoms with van der Waals surface area (Å²) in [6.45, 7) is 1.77. The van der Waals surface area contributed by atoms with Gasteiger partial charge in [0.2, 0.25) is 0 Å². The molecule has 118 valence electrons. The molecule has 0 aliphatic carbocycles. The number of aromatic nitrogens is 2. The minimum Gasteiger partial charge on any atom is -0.487 e. The lowest BCUT2D eigenvalue weighted by molar-refractivity contribution is -0.137. The van der Waals surface area contributed by atoms with Gasteiger partial charge in [-0.25, -0.2) is 4.68 Å². The van der Waals surface area contributed by atoms with Gasteiger partial charge in [0.25, 0.3) is 0 Å². The molecule has 0 radical (unpaired) electrons. The fraction of sp³-hybridized carbons (Fsp3) is 0.400. The van der Waals surface area contributed by atoms with Crippen LogP contribution in [0.2, 0.25) is 0 Å². The average molecular weight is 311 g/mol. The van der Waals surface area contributed by atoms with Crippen LogP contribution in [0.4, 0.5) is 13.2 Å². The van der Waals surface area contributed by atoms with Crippen LogP contribution in [-0.4, -0.2) is 29.0 Å². The number of benzene rings is 1. The van der Waals surface area contributed by atoms with Gasteiger partial charge in [-0.1, -0.05) is 12.1 Å². The Morgan fingerprint density at radius 1 is 1.18 bits per heavy atom. The summed E-state index contributed by atoms with van der Waals surface area (Å²) in [5, 5.41) is 7.23. The van der Waals surface area contributed by atoms with E-state index in [9.17, 15) is 13.2 Å². The highest BCUT2D eigenvalue weighted by atomic mass is 19.4. The van der Waals surface area contributed by atoms with Gasteiger partial charge in [-0.3, -0.25) is 0 Å². The standard InChI is InChI=1S/C15H16F3N3O/c16-15(17,18)13-3-1-2-4-14(13)21-10-12(9-20-21)22-11-5-7-19-8-6-11/h1-4,9-11,19H,5-8H2. The van der Waals surface area contributed by atoms with Crippen molar-refractivity contribution in [1.82, 2.24) is 15.1 Å². The third kappa shape index (κ3) is 3.24. The van der Waals surface area contributed by atoms with E-state index in [-0.39, 0.29) is 11.8 Å². The SMILES string of the molecule is FC(F)(F)c1ccccc1-n1cc(OC2CCNCC2)cn1. The van der Waals surface area contributed by atoms with Crippen LogP contribution in [0.3, 0.4) is 0 Å². The lowest BCUT2D eigenvalue weighted by atomic mass is 10.1. The molecule has 1 fully saturated rings. The second-order valence-electron chi connectivity index (χ2n) is 5.20. The lowest BCUT2D eigenvalue weighted by Crippen LogP contribution is -2.34. The van der Waals surface area contributed by atoms with Crippen LogP contribution in [0.1, 0.15) is 18.4 Å². The Balaban J connectivity index is 1.82. The van der Waals surface area contributed by atoms with Crippen LogP contribution in [0.25, 0.3) is 5.69 Å². The Morgan fingerprint density at radius 3 is 2.64 bits per heavy atom. The highest BCUT2D eigenvalue weighted by Crippen LogP contribution is 2.33. The zero-order valence-corrected chi connectivity index (χ0v) is 11.8. The molecule has 4 nitrogen and oxygen atoms in total. The first-order chi connectivity index (χ1) is 10.5. The Kier molecular flexibility index (Phi) is 4.06. The summed E-state index contributed by atoms with van der Waals surface area (Å²) in [5.41, 5.74) is -0.721. The molecule has 1 saturated heterocycles. The summed E-state index contributed by atoms with van der Waals surface area (Å²) in [4.78, 5) is 0. The van der Waals surface area contributed by atoms with E-state index in [1.165, 1.54) is 29.2 Å². The molecule has 2 heterocycles. The Labute approximate surface area is 125 Å². The van der Waals surface area contributed by atoms with Crippen molar-refractivity contribution in [2.75, 3.05) is 13.1 Å². The summed E-state index contributed by atoms with van der Waals surface area (Å²) < 4.78 is 46.1. The maximum atomic E-state index is 13.0. The van der Waals surface area contributed by atoms with Crippen molar-refractivity contribution in [3.63, 3.8) is 0 Å². The number of halogens is 3. The normalized spacial score (nSPS) is 16.7. The molecule has 0 amide bonds. The monoisotopic (exact) mass is 311 g/mol. The van der Waals surface area contributed by atoms with E-state index in [1.807, 2.05) is 0 Å². The Morgan fingerprint density at radius 2 is 1.91 bits per heavy atom. The summed E-state index contributed by atoms with van der Waals surface area (Å²) in [6.07, 6.45) is 0.367. The van der Waals surface area contributed by atoms with E-state index in [0.29, 0.717) is 5.75 Å². The van der Waals surface area contributed by atoms with Gasteiger partial charge in [0, 0.05) is 0 Å². The first kappa shape index (κ1) is 14.9. The molecule has 0 bridgehead atoms. The topological polar surface area (TPSA) is 39.1 Å². The molecule has 0 unspecified atom stereocenters. The smallest absolute Gasteiger partial charge is 0.418 e. The molecule has 0 saturated carbocycles. The minimum atomic E-state index is -4.42. The first-order valence-corrected chi connectivity index (χ1v) is 7.13. The fourth-order valence-electron chi connectivity index (χ4n) is 2.52. The van der Waals surface area contributed by atoms with Crippen molar-refractivity contribution in [2.45, 2.75) is 25.1 Å². The van der Waals surface area contributed by atoms with Crippen LogP contribution >= 0.6 is 0 Å². The Bertz CT molecular complexity index is 633. The summed E-state index contributed by atoms with van der Waals surface area (Å²) in [6, 6.07) is 5.36. The van der Waals surface area contributed by atoms with E-state index < -0.39 is 11.7 Å². The number of alkyl halides is 3. The predicted octanol–water partition coefficient (Wildman–Crippen LogP) is 3.02. The van der Waals surface area contributed by atoms with Gasteiger partial charge in [0.05, 0.1) is 23.6 Å². The number of piperidine rings is 1. The fourth-order valence-corrected chi connectivity index (χ4v) is 2.52. The summed E-state index contributed by atoms with van der Waals surface area (Å²) in [5.74, 6) is 0.490. The van der Waals surface area contributed by atoms with E-state index in [0.717, 1.165) is 32.0 Å². The lowest BCUT2D eigenvalue weighted by Gasteiger charge is -2.22. The van der Waals surface area contributed by atoms with Crippen molar-refractivity contribution in [3.8, 4) is 11.4 Å². The quantitative estimate of drug-likeness (QED) is 0.947. The van der Waals surface area contributed by atoms with E-state index in [2.05, 4.69) is 10.4 Å². The number of para-hydroxylation sites is 1. The van der Waals surface area contributed by atoms with Gasteiger partial charge in [-0.05, 0) is 38.1 Å². The van der Waals surface area contributed by atoms with Gasteiger partial charge in [-0.15, -0.1) is 0 Å². The van der Waals surface area contributed by atoms with Gasteiger partial charge < -0.3 is 10.1 Å². The third-order valence-electron chi connectivity index (χ3n) is 3.60. The number of rotatable bonds is 3. The van der Waals surface area contributed by atoms with Gasteiger partial charge in [-0.2, -0.15) is 18.3 Å². The van der Waals surface area contributed by atoms with Gasteiger partial charge in [0.1, 0.15) is 6.10 Å². The maximum absolute atomic E-state index is 13.0. The second-order valence-corrected chi connectivity index (χ2v) is 5.20. The summed E-state index contributed by atoms with van der Waals surface area (Å²) >= 11 is 0. The zero-order chi connectivity index (χ0) is 15.6. The number of hydrogen-bond donors (Lipinski definition) is 1. The molecule has 1 aliphatic rings. The first-order valence-electron chi connectivity index (χ1n) is 7.13. The van der Waals surface area contributed by atoms with Gasteiger partial charge in [0.15, 0.2) is 5.75 Å². The molecule has 0 atom stereocenters. The van der Waals surface area contributed by atoms with E-state index in [4.69, 9.17) is 4.74 Å². The molecule has 1 aromatic carbocycles. The zero-order valence-electron chi connectivity index (χ0n) is 11.8. The molecule has 7 heteroatoms. The van der Waals surface area contributed by atoms with Crippen molar-refractivity contribution in [2.24, 2.45) is 0 Å². The van der Waals surface area contributed by atoms with Crippen molar-refractivity contribution < 1.29 is 17.9 Å². The maximum Gasteiger partial charge on any atom is 0.418 e. The molecular weight excluding hydrogens is 295 g/mol. The van der Waals surface area contributed by atoms with Crippen molar-refractivity contribution in [3.05, 3.63) is 42.2 Å². The highest BCUT2D eigenvalue weighted by Gasteiger charge is 2.33. The predicted molar refractivity (Wildman–Crippen MR) is 75.1 cm³/mol. The van der Waals surface area contributed by atoms with Crippen LogP contribution in [-0.2, 0) is 6.18 Å². The molecule has 22 heavy (non-hydrogen) atoms. The highest BCUT2D eigenvalue weighted by molar-refractivity contribution is 5.43. The van der Waals surface area contributed by atoms with Crippen LogP contribution in [0.5, 0.6) is 5.75 Å². The molecule has 1 N–H and O–H groups in total. The number of nitrogens with zero attached hydrogens (tertiary/aromatic N) is 2. The molecule has 3 rings (SSSR count). The van der Waals surface area contributed by atoms with Crippen LogP contribution < -0.4 is 10.1 Å². The van der Waals surface area contributed by atoms with E-state index in [1.54, 1.807) is 6.07 Å². The molecule has 0 spiro atoms. The van der Waals surface area contributed by atoms with Crippen molar-refractivity contribution in [1.29, 1.82) is 0 Å². The number of nitrogens with one attached hydrogen (secondary N) is 1. The molecule has 1 aromatic heterocycles. The minimum absolute atomic E-state index is 0.00448. The van der Waals surface area contributed by atoms with Gasteiger partial charge >= 0.3 is 6.18 Å². The average Bonchev–Trinajstić information content (AvgIpc) is 2.96. The molecule has 1 aliphatic heterocycles. The van der Waals surface area contributed by atoms with Crippen molar-refractivity contribution >= 4 is 0 Å². The largest absolute Gasteiger partial charge is 0.487 e. The molecular formula is C15H16F3N3O. The van der Waals surface area contributed by atoms with E-state index >= 15 is 0 Å². The molecule has 2 aromatic rings.